The van der Waals surface area contributed by atoms with E-state index in [-0.39, 0.29) is 0 Å². The quantitative estimate of drug-likeness (QED) is 0.508. The van der Waals surface area contributed by atoms with Crippen LogP contribution in [0.25, 0.3) is 0 Å². The van der Waals surface area contributed by atoms with Crippen molar-refractivity contribution in [2.45, 2.75) is 77.4 Å². The van der Waals surface area contributed by atoms with Gasteiger partial charge in [0.1, 0.15) is 6.79 Å². The summed E-state index contributed by atoms with van der Waals surface area (Å²) in [5.74, 6) is 3.12. The van der Waals surface area contributed by atoms with Crippen LogP contribution in [0.2, 0.25) is 0 Å². The van der Waals surface area contributed by atoms with E-state index in [4.69, 9.17) is 14.2 Å². The Balaban J connectivity index is 1.59. The highest BCUT2D eigenvalue weighted by atomic mass is 16.7. The number of hydrogen-bond donors (Lipinski definition) is 0. The zero-order valence-corrected chi connectivity index (χ0v) is 17.3. The predicted molar refractivity (Wildman–Crippen MR) is 104 cm³/mol. The first-order valence-corrected chi connectivity index (χ1v) is 10.8. The van der Waals surface area contributed by atoms with Crippen LogP contribution in [0.5, 0.6) is 0 Å². The zero-order valence-electron chi connectivity index (χ0n) is 17.3. The molecule has 0 aromatic rings. The number of rotatable bonds is 4. The molecular weight excluding hydrogens is 324 g/mol. The maximum absolute atomic E-state index is 6.20. The lowest BCUT2D eigenvalue weighted by atomic mass is 9.44. The molecule has 4 aliphatic carbocycles. The highest BCUT2D eigenvalue weighted by molar-refractivity contribution is 5.23. The van der Waals surface area contributed by atoms with Crippen LogP contribution >= 0.6 is 0 Å². The maximum atomic E-state index is 6.20. The molecule has 0 aromatic carbocycles. The van der Waals surface area contributed by atoms with Crippen molar-refractivity contribution in [2.75, 3.05) is 21.0 Å². The van der Waals surface area contributed by atoms with Gasteiger partial charge < -0.3 is 14.2 Å². The van der Waals surface area contributed by atoms with E-state index in [1.165, 1.54) is 56.9 Å². The van der Waals surface area contributed by atoms with Crippen molar-refractivity contribution < 1.29 is 14.2 Å². The lowest BCUT2D eigenvalue weighted by Crippen LogP contribution is -2.59. The van der Waals surface area contributed by atoms with E-state index < -0.39 is 0 Å². The van der Waals surface area contributed by atoms with Crippen LogP contribution in [0.3, 0.4) is 0 Å². The molecule has 3 nitrogen and oxygen atoms in total. The SMILES string of the molecule is C=C1CC[C@H]2[C@@H]3CCC4CC(OCOC)CC[C@]4(C)[C@@H]3C(OC)C[C@]12C. The Kier molecular flexibility index (Phi) is 5.03. The van der Waals surface area contributed by atoms with Gasteiger partial charge in [0.2, 0.25) is 0 Å². The molecule has 0 N–H and O–H groups in total. The Morgan fingerprint density at radius 1 is 1.12 bits per heavy atom. The van der Waals surface area contributed by atoms with Crippen LogP contribution in [0.15, 0.2) is 12.2 Å². The van der Waals surface area contributed by atoms with Crippen molar-refractivity contribution in [3.63, 3.8) is 0 Å². The molecule has 0 radical (unpaired) electrons. The second-order valence-corrected chi connectivity index (χ2v) is 10.1. The average molecular weight is 363 g/mol. The molecule has 0 amide bonds. The monoisotopic (exact) mass is 362 g/mol. The average Bonchev–Trinajstić information content (AvgIpc) is 2.93. The van der Waals surface area contributed by atoms with Gasteiger partial charge in [-0.2, -0.15) is 0 Å². The Morgan fingerprint density at radius 2 is 1.92 bits per heavy atom. The lowest BCUT2D eigenvalue weighted by Gasteiger charge is -2.62. The van der Waals surface area contributed by atoms with E-state index in [1.54, 1.807) is 7.11 Å². The number of methoxy groups -OCH3 is 2. The summed E-state index contributed by atoms with van der Waals surface area (Å²) in [6, 6.07) is 0. The van der Waals surface area contributed by atoms with Gasteiger partial charge in [0.25, 0.3) is 0 Å². The van der Waals surface area contributed by atoms with Crippen LogP contribution in [-0.4, -0.2) is 33.2 Å². The normalized spacial score (nSPS) is 50.8. The van der Waals surface area contributed by atoms with Crippen LogP contribution in [0.4, 0.5) is 0 Å². The van der Waals surface area contributed by atoms with E-state index >= 15 is 0 Å². The summed E-state index contributed by atoms with van der Waals surface area (Å²) in [4.78, 5) is 0. The van der Waals surface area contributed by atoms with Gasteiger partial charge in [0.05, 0.1) is 12.2 Å². The molecule has 4 aliphatic rings. The van der Waals surface area contributed by atoms with Crippen molar-refractivity contribution in [2.24, 2.45) is 34.5 Å². The van der Waals surface area contributed by atoms with E-state index in [1.807, 2.05) is 7.11 Å². The van der Waals surface area contributed by atoms with Crippen LogP contribution < -0.4 is 0 Å². The molecule has 0 aliphatic heterocycles. The third-order valence-corrected chi connectivity index (χ3v) is 9.21. The molecule has 3 unspecified atom stereocenters. The minimum Gasteiger partial charge on any atom is -0.381 e. The molecule has 0 heterocycles. The molecule has 0 spiro atoms. The van der Waals surface area contributed by atoms with Gasteiger partial charge in [-0.25, -0.2) is 0 Å². The third-order valence-electron chi connectivity index (χ3n) is 9.21. The van der Waals surface area contributed by atoms with Gasteiger partial charge in [-0.1, -0.05) is 26.0 Å². The molecule has 8 atom stereocenters. The molecule has 4 saturated carbocycles. The Labute approximate surface area is 159 Å². The second-order valence-electron chi connectivity index (χ2n) is 10.1. The first-order valence-electron chi connectivity index (χ1n) is 10.8. The Morgan fingerprint density at radius 3 is 2.65 bits per heavy atom. The van der Waals surface area contributed by atoms with Gasteiger partial charge >= 0.3 is 0 Å². The van der Waals surface area contributed by atoms with Crippen LogP contribution in [-0.2, 0) is 14.2 Å². The maximum Gasteiger partial charge on any atom is 0.146 e. The first-order chi connectivity index (χ1) is 12.4. The highest BCUT2D eigenvalue weighted by Crippen LogP contribution is 2.67. The van der Waals surface area contributed by atoms with Crippen molar-refractivity contribution in [1.82, 2.24) is 0 Å². The largest absolute Gasteiger partial charge is 0.381 e. The minimum absolute atomic E-state index is 0.309. The van der Waals surface area contributed by atoms with Gasteiger partial charge in [-0.15, -0.1) is 0 Å². The molecule has 4 rings (SSSR count). The van der Waals surface area contributed by atoms with Crippen LogP contribution in [0, 0.1) is 34.5 Å². The molecule has 148 valence electrons. The molecule has 4 fully saturated rings. The summed E-state index contributed by atoms with van der Waals surface area (Å²) in [7, 11) is 3.67. The summed E-state index contributed by atoms with van der Waals surface area (Å²) in [5.41, 5.74) is 2.21. The van der Waals surface area contributed by atoms with Gasteiger partial charge in [0, 0.05) is 14.2 Å². The van der Waals surface area contributed by atoms with Gasteiger partial charge in [0.15, 0.2) is 0 Å². The number of ether oxygens (including phenoxy) is 3. The third kappa shape index (κ3) is 2.72. The topological polar surface area (TPSA) is 27.7 Å². The Bertz CT molecular complexity index is 546. The molecule has 0 saturated heterocycles. The molecular formula is C23H38O3. The second kappa shape index (κ2) is 6.90. The van der Waals surface area contributed by atoms with Crippen molar-refractivity contribution in [1.29, 1.82) is 0 Å². The van der Waals surface area contributed by atoms with E-state index in [9.17, 15) is 0 Å². The summed E-state index contributed by atoms with van der Waals surface area (Å²) in [6.07, 6.45) is 10.9. The highest BCUT2D eigenvalue weighted by Gasteiger charge is 2.62. The fourth-order valence-electron chi connectivity index (χ4n) is 7.75. The summed E-state index contributed by atoms with van der Waals surface area (Å²) >= 11 is 0. The smallest absolute Gasteiger partial charge is 0.146 e. The summed E-state index contributed by atoms with van der Waals surface area (Å²) in [6.45, 7) is 9.97. The molecule has 26 heavy (non-hydrogen) atoms. The predicted octanol–water partition coefficient (Wildman–Crippen LogP) is 5.20. The summed E-state index contributed by atoms with van der Waals surface area (Å²) in [5, 5.41) is 0. The number of fused-ring (bicyclic) bond motifs is 5. The van der Waals surface area contributed by atoms with Crippen molar-refractivity contribution in [3.8, 4) is 0 Å². The Hall–Kier alpha value is -0.380. The lowest BCUT2D eigenvalue weighted by molar-refractivity contribution is -0.186. The van der Waals surface area contributed by atoms with E-state index in [0.29, 0.717) is 35.7 Å². The fourth-order valence-corrected chi connectivity index (χ4v) is 7.75. The van der Waals surface area contributed by atoms with Gasteiger partial charge in [-0.3, -0.25) is 0 Å². The van der Waals surface area contributed by atoms with Crippen molar-refractivity contribution >= 4 is 0 Å². The summed E-state index contributed by atoms with van der Waals surface area (Å²) < 4.78 is 17.3. The van der Waals surface area contributed by atoms with Crippen molar-refractivity contribution in [3.05, 3.63) is 12.2 Å². The number of hydrogen-bond acceptors (Lipinski definition) is 3. The van der Waals surface area contributed by atoms with Gasteiger partial charge in [-0.05, 0) is 85.9 Å². The van der Waals surface area contributed by atoms with Crippen LogP contribution in [0.1, 0.15) is 65.2 Å². The molecule has 3 heteroatoms. The zero-order chi connectivity index (χ0) is 18.5. The number of allylic oxidation sites excluding steroid dienone is 1. The van der Waals surface area contributed by atoms with E-state index in [2.05, 4.69) is 20.4 Å². The van der Waals surface area contributed by atoms with E-state index in [0.717, 1.165) is 17.8 Å². The minimum atomic E-state index is 0.309. The molecule has 0 bridgehead atoms. The molecule has 0 aromatic heterocycles. The first kappa shape index (κ1) is 19.0. The standard InChI is InChI=1S/C23H38O3/c1-15-6-9-19-18-8-7-16-12-17(26-14-24-4)10-11-22(16,2)21(18)20(25-5)13-23(15,19)3/h16-21H,1,6-14H2,2-5H3/t16?,17?,18-,19-,20?,21-,22-,23+/m0/s1. The fraction of sp³-hybridized carbons (Fsp3) is 0.913.